The first-order valence-corrected chi connectivity index (χ1v) is 7.48. The molecule has 1 rings (SSSR count). The van der Waals surface area contributed by atoms with Crippen LogP contribution in [0.4, 0.5) is 5.69 Å². The lowest BCUT2D eigenvalue weighted by Gasteiger charge is -2.09. The zero-order chi connectivity index (χ0) is 15.1. The van der Waals surface area contributed by atoms with Crippen molar-refractivity contribution in [3.05, 3.63) is 28.8 Å². The fourth-order valence-corrected chi connectivity index (χ4v) is 2.39. The lowest BCUT2D eigenvalue weighted by Crippen LogP contribution is -2.16. The average molecular weight is 318 g/mol. The number of carboxylic acid groups (broad SMARTS) is 1. The first-order valence-electron chi connectivity index (χ1n) is 5.95. The number of carbonyl (C=O) groups excluding carboxylic acids is 1. The summed E-state index contributed by atoms with van der Waals surface area (Å²) in [6.07, 6.45) is 0. The highest BCUT2D eigenvalue weighted by Crippen LogP contribution is 2.23. The summed E-state index contributed by atoms with van der Waals surface area (Å²) in [4.78, 5) is 22.6. The molecule has 0 saturated carbocycles. The first kappa shape index (κ1) is 16.8. The first-order chi connectivity index (χ1) is 9.43. The lowest BCUT2D eigenvalue weighted by atomic mass is 10.2. The molecule has 0 aromatic heterocycles. The minimum absolute atomic E-state index is 0.0613. The van der Waals surface area contributed by atoms with Gasteiger partial charge in [0.25, 0.3) is 0 Å². The molecular weight excluding hydrogens is 302 g/mol. The van der Waals surface area contributed by atoms with E-state index in [2.05, 4.69) is 5.32 Å². The molecule has 7 heteroatoms. The number of nitrogens with one attached hydrogen (secondary N) is 1. The summed E-state index contributed by atoms with van der Waals surface area (Å²) in [5, 5.41) is 20.6. The molecule has 0 aliphatic heterocycles. The van der Waals surface area contributed by atoms with Crippen LogP contribution in [0, 0.1) is 5.92 Å². The number of benzene rings is 1. The molecular formula is C13H16ClNO4S. The number of thioether (sulfide) groups is 1. The van der Waals surface area contributed by atoms with Crippen molar-refractivity contribution in [3.8, 4) is 0 Å². The molecule has 0 saturated heterocycles. The minimum Gasteiger partial charge on any atom is -0.478 e. The number of amides is 1. The van der Waals surface area contributed by atoms with Gasteiger partial charge in [-0.3, -0.25) is 4.79 Å². The third-order valence-corrected chi connectivity index (χ3v) is 4.04. The van der Waals surface area contributed by atoms with E-state index in [1.54, 1.807) is 0 Å². The van der Waals surface area contributed by atoms with Crippen LogP contribution in [0.5, 0.6) is 0 Å². The molecule has 1 unspecified atom stereocenters. The topological polar surface area (TPSA) is 86.6 Å². The van der Waals surface area contributed by atoms with Crippen LogP contribution >= 0.6 is 23.4 Å². The highest BCUT2D eigenvalue weighted by Gasteiger charge is 2.10. The van der Waals surface area contributed by atoms with Gasteiger partial charge < -0.3 is 15.5 Å². The van der Waals surface area contributed by atoms with E-state index in [-0.39, 0.29) is 40.5 Å². The van der Waals surface area contributed by atoms with Gasteiger partial charge >= 0.3 is 5.97 Å². The Bertz CT molecular complexity index is 495. The third kappa shape index (κ3) is 5.40. The molecule has 1 aromatic rings. The Morgan fingerprint density at radius 2 is 2.15 bits per heavy atom. The van der Waals surface area contributed by atoms with Crippen molar-refractivity contribution >= 4 is 40.9 Å². The summed E-state index contributed by atoms with van der Waals surface area (Å²) in [6, 6.07) is 4.13. The number of aliphatic hydroxyl groups excluding tert-OH is 1. The van der Waals surface area contributed by atoms with Gasteiger partial charge in [-0.2, -0.15) is 11.8 Å². The molecule has 0 aliphatic carbocycles. The number of carboxylic acids is 1. The number of aliphatic hydroxyl groups is 1. The number of halogens is 1. The van der Waals surface area contributed by atoms with Gasteiger partial charge in [-0.1, -0.05) is 18.5 Å². The Balaban J connectivity index is 2.57. The summed E-state index contributed by atoms with van der Waals surface area (Å²) in [5.41, 5.74) is 0.346. The van der Waals surface area contributed by atoms with Gasteiger partial charge in [-0.05, 0) is 29.9 Å². The molecule has 0 heterocycles. The molecule has 1 atom stereocenters. The molecule has 0 spiro atoms. The Morgan fingerprint density at radius 3 is 2.75 bits per heavy atom. The van der Waals surface area contributed by atoms with E-state index in [0.29, 0.717) is 5.75 Å². The maximum absolute atomic E-state index is 11.7. The van der Waals surface area contributed by atoms with Crippen LogP contribution in [0.1, 0.15) is 17.3 Å². The number of hydrogen-bond donors (Lipinski definition) is 3. The van der Waals surface area contributed by atoms with Crippen molar-refractivity contribution in [1.29, 1.82) is 0 Å². The molecule has 3 N–H and O–H groups in total. The average Bonchev–Trinajstić information content (AvgIpc) is 2.40. The fourth-order valence-electron chi connectivity index (χ4n) is 1.35. The summed E-state index contributed by atoms with van der Waals surface area (Å²) in [6.45, 7) is 1.97. The van der Waals surface area contributed by atoms with E-state index in [9.17, 15) is 9.59 Å². The quantitative estimate of drug-likeness (QED) is 0.718. The van der Waals surface area contributed by atoms with Crippen molar-refractivity contribution in [2.45, 2.75) is 6.92 Å². The fraction of sp³-hybridized carbons (Fsp3) is 0.385. The zero-order valence-corrected chi connectivity index (χ0v) is 12.5. The van der Waals surface area contributed by atoms with E-state index in [1.165, 1.54) is 30.0 Å². The van der Waals surface area contributed by atoms with Crippen LogP contribution in [0.2, 0.25) is 5.02 Å². The smallest absolute Gasteiger partial charge is 0.335 e. The van der Waals surface area contributed by atoms with Crippen LogP contribution in [0.3, 0.4) is 0 Å². The maximum atomic E-state index is 11.7. The summed E-state index contributed by atoms with van der Waals surface area (Å²) in [5.74, 6) is -0.315. The minimum atomic E-state index is -1.08. The second-order valence-corrected chi connectivity index (χ2v) is 5.79. The van der Waals surface area contributed by atoms with Gasteiger partial charge in [-0.25, -0.2) is 4.79 Å². The second-order valence-electron chi connectivity index (χ2n) is 4.35. The largest absolute Gasteiger partial charge is 0.478 e. The lowest BCUT2D eigenvalue weighted by molar-refractivity contribution is -0.113. The van der Waals surface area contributed by atoms with Gasteiger partial charge in [-0.15, -0.1) is 0 Å². The molecule has 0 bridgehead atoms. The maximum Gasteiger partial charge on any atom is 0.335 e. The Morgan fingerprint density at radius 1 is 1.45 bits per heavy atom. The number of anilines is 1. The van der Waals surface area contributed by atoms with Gasteiger partial charge in [0.05, 0.1) is 22.0 Å². The predicted molar refractivity (Wildman–Crippen MR) is 80.6 cm³/mol. The number of aromatic carboxylic acids is 1. The molecule has 0 aliphatic rings. The summed E-state index contributed by atoms with van der Waals surface area (Å²) >= 11 is 7.30. The van der Waals surface area contributed by atoms with Crippen LogP contribution in [-0.4, -0.2) is 40.2 Å². The van der Waals surface area contributed by atoms with Crippen molar-refractivity contribution in [2.24, 2.45) is 5.92 Å². The molecule has 5 nitrogen and oxygen atoms in total. The van der Waals surface area contributed by atoms with E-state index in [1.807, 2.05) is 6.92 Å². The van der Waals surface area contributed by atoms with E-state index in [0.717, 1.165) is 0 Å². The van der Waals surface area contributed by atoms with Gasteiger partial charge in [0.15, 0.2) is 0 Å². The van der Waals surface area contributed by atoms with Crippen LogP contribution in [-0.2, 0) is 4.79 Å². The Hall–Kier alpha value is -1.24. The van der Waals surface area contributed by atoms with E-state index >= 15 is 0 Å². The molecule has 1 aromatic carbocycles. The molecule has 1 amide bonds. The predicted octanol–water partition coefficient (Wildman–Crippen LogP) is 2.34. The highest BCUT2D eigenvalue weighted by atomic mass is 35.5. The SMILES string of the molecule is CC(CO)CSCC(=O)Nc1cc(C(=O)O)ccc1Cl. The van der Waals surface area contributed by atoms with E-state index in [4.69, 9.17) is 21.8 Å². The third-order valence-electron chi connectivity index (χ3n) is 2.43. The standard InChI is InChI=1S/C13H16ClNO4S/c1-8(5-16)6-20-7-12(17)15-11-4-9(13(18)19)2-3-10(11)14/h2-4,8,16H,5-7H2,1H3,(H,15,17)(H,18,19). The van der Waals surface area contributed by atoms with Gasteiger partial charge in [0.1, 0.15) is 0 Å². The van der Waals surface area contributed by atoms with Crippen molar-refractivity contribution < 1.29 is 19.8 Å². The molecule has 0 fully saturated rings. The van der Waals surface area contributed by atoms with Crippen molar-refractivity contribution in [2.75, 3.05) is 23.4 Å². The zero-order valence-electron chi connectivity index (χ0n) is 10.9. The normalized spacial score (nSPS) is 11.9. The van der Waals surface area contributed by atoms with E-state index < -0.39 is 5.97 Å². The summed E-state index contributed by atoms with van der Waals surface area (Å²) in [7, 11) is 0. The van der Waals surface area contributed by atoms with Crippen LogP contribution < -0.4 is 5.32 Å². The Labute approximate surface area is 126 Å². The number of carbonyl (C=O) groups is 2. The van der Waals surface area contributed by atoms with Crippen molar-refractivity contribution in [3.63, 3.8) is 0 Å². The van der Waals surface area contributed by atoms with Crippen LogP contribution in [0.15, 0.2) is 18.2 Å². The molecule has 0 radical (unpaired) electrons. The Kier molecular flexibility index (Phi) is 6.84. The second kappa shape index (κ2) is 8.14. The number of hydrogen-bond acceptors (Lipinski definition) is 4. The molecule has 20 heavy (non-hydrogen) atoms. The molecule has 110 valence electrons. The summed E-state index contributed by atoms with van der Waals surface area (Å²) < 4.78 is 0. The van der Waals surface area contributed by atoms with Gasteiger partial charge in [0.2, 0.25) is 5.91 Å². The number of rotatable bonds is 7. The monoisotopic (exact) mass is 317 g/mol. The van der Waals surface area contributed by atoms with Crippen LogP contribution in [0.25, 0.3) is 0 Å². The van der Waals surface area contributed by atoms with Gasteiger partial charge in [0, 0.05) is 6.61 Å². The van der Waals surface area contributed by atoms with Crippen molar-refractivity contribution in [1.82, 2.24) is 0 Å². The highest BCUT2D eigenvalue weighted by molar-refractivity contribution is 7.99.